The molecule has 1 aromatic rings. The van der Waals surface area contributed by atoms with E-state index in [4.69, 9.17) is 5.11 Å². The monoisotopic (exact) mass is 331 g/mol. The summed E-state index contributed by atoms with van der Waals surface area (Å²) in [4.78, 5) is 31.1. The molecule has 3 rings (SSSR count). The molecule has 0 radical (unpaired) electrons. The van der Waals surface area contributed by atoms with E-state index in [1.54, 1.807) is 0 Å². The smallest absolute Gasteiger partial charge is 0.251 e. The van der Waals surface area contributed by atoms with Crippen LogP contribution < -0.4 is 4.90 Å². The van der Waals surface area contributed by atoms with Crippen molar-refractivity contribution in [2.24, 2.45) is 0 Å². The molecule has 2 fully saturated rings. The van der Waals surface area contributed by atoms with Crippen LogP contribution in [0.15, 0.2) is 24.3 Å². The lowest BCUT2D eigenvalue weighted by Crippen LogP contribution is -2.53. The quantitative estimate of drug-likeness (QED) is 0.796. The summed E-state index contributed by atoms with van der Waals surface area (Å²) in [7, 11) is 0. The number of aliphatic hydroxyl groups excluding tert-OH is 1. The van der Waals surface area contributed by atoms with Gasteiger partial charge in [0.1, 0.15) is 0 Å². The Kier molecular flexibility index (Phi) is 5.28. The summed E-state index contributed by atoms with van der Waals surface area (Å²) in [6.45, 7) is 6.01. The molecule has 0 aromatic heterocycles. The van der Waals surface area contributed by atoms with E-state index in [-0.39, 0.29) is 30.9 Å². The number of piperazine rings is 1. The summed E-state index contributed by atoms with van der Waals surface area (Å²) in [5.74, 6) is -0.208. The van der Waals surface area contributed by atoms with Gasteiger partial charge in [-0.15, -0.1) is 0 Å². The summed E-state index contributed by atoms with van der Waals surface area (Å²) < 4.78 is 0. The summed E-state index contributed by atoms with van der Waals surface area (Å²) in [5, 5.41) is 9.02. The first kappa shape index (κ1) is 17.1. The van der Waals surface area contributed by atoms with Gasteiger partial charge in [-0.2, -0.15) is 0 Å². The zero-order valence-corrected chi connectivity index (χ0v) is 14.1. The Hall–Kier alpha value is -1.76. The molecule has 1 aromatic carbocycles. The summed E-state index contributed by atoms with van der Waals surface area (Å²) in [5.41, 5.74) is 1.75. The molecule has 6 heteroatoms. The van der Waals surface area contributed by atoms with Crippen molar-refractivity contribution < 1.29 is 14.7 Å². The molecule has 1 atom stereocenters. The van der Waals surface area contributed by atoms with Gasteiger partial charge in [-0.3, -0.25) is 19.4 Å². The molecule has 2 amide bonds. The van der Waals surface area contributed by atoms with Crippen LogP contribution in [0.3, 0.4) is 0 Å². The minimum Gasteiger partial charge on any atom is -0.395 e. The lowest BCUT2D eigenvalue weighted by atomic mass is 10.1. The first-order chi connectivity index (χ1) is 11.7. The number of benzene rings is 1. The molecule has 0 bridgehead atoms. The molecule has 0 spiro atoms. The molecule has 1 N–H and O–H groups in total. The molecule has 2 aliphatic heterocycles. The number of hydrogen-bond acceptors (Lipinski definition) is 5. The minimum atomic E-state index is -0.348. The molecule has 2 saturated heterocycles. The fourth-order valence-corrected chi connectivity index (χ4v) is 3.62. The van der Waals surface area contributed by atoms with Crippen LogP contribution in [0.1, 0.15) is 18.9 Å². The molecular weight excluding hydrogens is 306 g/mol. The highest BCUT2D eigenvalue weighted by molar-refractivity contribution is 6.22. The topological polar surface area (TPSA) is 64.1 Å². The van der Waals surface area contributed by atoms with Crippen LogP contribution in [0.2, 0.25) is 0 Å². The van der Waals surface area contributed by atoms with Crippen LogP contribution in [0.4, 0.5) is 5.69 Å². The summed E-state index contributed by atoms with van der Waals surface area (Å²) >= 11 is 0. The Labute approximate surface area is 142 Å². The number of amides is 2. The van der Waals surface area contributed by atoms with Crippen LogP contribution in [-0.2, 0) is 16.0 Å². The Morgan fingerprint density at radius 2 is 1.83 bits per heavy atom. The van der Waals surface area contributed by atoms with Gasteiger partial charge in [0, 0.05) is 32.7 Å². The molecular formula is C18H25N3O3. The number of carbonyl (C=O) groups excluding carboxylic acids is 2. The second-order valence-corrected chi connectivity index (χ2v) is 6.37. The van der Waals surface area contributed by atoms with Gasteiger partial charge >= 0.3 is 0 Å². The number of anilines is 1. The minimum absolute atomic E-state index is 0.100. The van der Waals surface area contributed by atoms with Crippen molar-refractivity contribution in [1.82, 2.24) is 9.80 Å². The maximum absolute atomic E-state index is 12.9. The van der Waals surface area contributed by atoms with Gasteiger partial charge in [-0.1, -0.05) is 25.1 Å². The zero-order valence-electron chi connectivity index (χ0n) is 14.1. The normalized spacial score (nSPS) is 23.2. The maximum Gasteiger partial charge on any atom is 0.251 e. The highest BCUT2D eigenvalue weighted by atomic mass is 16.3. The van der Waals surface area contributed by atoms with Crippen molar-refractivity contribution in [3.8, 4) is 0 Å². The average molecular weight is 331 g/mol. The van der Waals surface area contributed by atoms with Crippen LogP contribution >= 0.6 is 0 Å². The van der Waals surface area contributed by atoms with Crippen molar-refractivity contribution in [3.63, 3.8) is 0 Å². The lowest BCUT2D eigenvalue weighted by Gasteiger charge is -2.36. The fourth-order valence-electron chi connectivity index (χ4n) is 3.62. The lowest BCUT2D eigenvalue weighted by molar-refractivity contribution is -0.123. The summed E-state index contributed by atoms with van der Waals surface area (Å²) in [6.07, 6.45) is 1.05. The first-order valence-electron chi connectivity index (χ1n) is 8.67. The van der Waals surface area contributed by atoms with E-state index in [0.717, 1.165) is 43.9 Å². The molecule has 130 valence electrons. The van der Waals surface area contributed by atoms with E-state index in [0.29, 0.717) is 6.54 Å². The van der Waals surface area contributed by atoms with Gasteiger partial charge in [0.05, 0.1) is 24.8 Å². The Morgan fingerprint density at radius 3 is 2.50 bits per heavy atom. The zero-order chi connectivity index (χ0) is 17.1. The van der Waals surface area contributed by atoms with Crippen molar-refractivity contribution in [1.29, 1.82) is 0 Å². The molecule has 2 aliphatic rings. The molecule has 0 unspecified atom stereocenters. The van der Waals surface area contributed by atoms with E-state index >= 15 is 0 Å². The highest BCUT2D eigenvalue weighted by Gasteiger charge is 2.43. The largest absolute Gasteiger partial charge is 0.395 e. The van der Waals surface area contributed by atoms with Gasteiger partial charge in [0.2, 0.25) is 5.91 Å². The third-order valence-corrected chi connectivity index (χ3v) is 5.00. The van der Waals surface area contributed by atoms with E-state index < -0.39 is 0 Å². The third-order valence-electron chi connectivity index (χ3n) is 5.00. The van der Waals surface area contributed by atoms with Crippen LogP contribution in [0.5, 0.6) is 0 Å². The third kappa shape index (κ3) is 3.22. The number of carbonyl (C=O) groups is 2. The molecule has 0 aliphatic carbocycles. The fraction of sp³-hybridized carbons (Fsp3) is 0.556. The standard InChI is InChI=1S/C18H25N3O3/c1-2-14-5-3-4-6-15(14)21-17(23)13-16(18(21)24)20-9-7-19(8-10-20)11-12-22/h3-6,16,22H,2,7-13H2,1H3/t16-/m1/s1. The average Bonchev–Trinajstić information content (AvgIpc) is 2.90. The molecule has 2 heterocycles. The van der Waals surface area contributed by atoms with Crippen LogP contribution in [0.25, 0.3) is 0 Å². The predicted molar refractivity (Wildman–Crippen MR) is 91.8 cm³/mol. The number of rotatable bonds is 5. The SMILES string of the molecule is CCc1ccccc1N1C(=O)C[C@@H](N2CCN(CCO)CC2)C1=O. The number of β-amino-alcohol motifs (C(OH)–C–C–N with tert-alkyl or cyclic N) is 1. The molecule has 0 saturated carbocycles. The maximum atomic E-state index is 12.9. The highest BCUT2D eigenvalue weighted by Crippen LogP contribution is 2.29. The van der Waals surface area contributed by atoms with Crippen LogP contribution in [0, 0.1) is 0 Å². The van der Waals surface area contributed by atoms with Crippen LogP contribution in [-0.4, -0.2) is 72.1 Å². The van der Waals surface area contributed by atoms with Crippen molar-refractivity contribution >= 4 is 17.5 Å². The Balaban J connectivity index is 1.73. The van der Waals surface area contributed by atoms with Gasteiger partial charge in [0.25, 0.3) is 5.91 Å². The van der Waals surface area contributed by atoms with Crippen molar-refractivity contribution in [2.45, 2.75) is 25.8 Å². The van der Waals surface area contributed by atoms with Gasteiger partial charge in [0.15, 0.2) is 0 Å². The number of imide groups is 1. The number of aliphatic hydroxyl groups is 1. The van der Waals surface area contributed by atoms with E-state index in [9.17, 15) is 9.59 Å². The number of aryl methyl sites for hydroxylation is 1. The van der Waals surface area contributed by atoms with E-state index in [2.05, 4.69) is 9.80 Å². The van der Waals surface area contributed by atoms with E-state index in [1.807, 2.05) is 31.2 Å². The number of para-hydroxylation sites is 1. The second-order valence-electron chi connectivity index (χ2n) is 6.37. The van der Waals surface area contributed by atoms with Gasteiger partial charge < -0.3 is 5.11 Å². The Morgan fingerprint density at radius 1 is 1.12 bits per heavy atom. The van der Waals surface area contributed by atoms with Crippen molar-refractivity contribution in [3.05, 3.63) is 29.8 Å². The molecule has 6 nitrogen and oxygen atoms in total. The second kappa shape index (κ2) is 7.42. The Bertz CT molecular complexity index is 611. The number of hydrogen-bond donors (Lipinski definition) is 1. The summed E-state index contributed by atoms with van der Waals surface area (Å²) in [6, 6.07) is 7.28. The van der Waals surface area contributed by atoms with Gasteiger partial charge in [-0.05, 0) is 18.1 Å². The van der Waals surface area contributed by atoms with E-state index in [1.165, 1.54) is 4.90 Å². The van der Waals surface area contributed by atoms with Crippen molar-refractivity contribution in [2.75, 3.05) is 44.2 Å². The van der Waals surface area contributed by atoms with Gasteiger partial charge in [-0.25, -0.2) is 4.90 Å². The predicted octanol–water partition coefficient (Wildman–Crippen LogP) is 0.491. The first-order valence-corrected chi connectivity index (χ1v) is 8.67. The number of nitrogens with zero attached hydrogens (tertiary/aromatic N) is 3. The molecule has 24 heavy (non-hydrogen) atoms.